The summed E-state index contributed by atoms with van der Waals surface area (Å²) in [6, 6.07) is 0. The van der Waals surface area contributed by atoms with Crippen molar-refractivity contribution in [2.24, 2.45) is 16.7 Å². The fraction of sp³-hybridized carbons (Fsp3) is 0.750. The molecule has 0 spiro atoms. The molecule has 0 saturated heterocycles. The Bertz CT molecular complexity index is 585. The zero-order valence-corrected chi connectivity index (χ0v) is 16.1. The zero-order valence-electron chi connectivity index (χ0n) is 16.1. The number of esters is 2. The van der Waals surface area contributed by atoms with Gasteiger partial charge in [0.25, 0.3) is 0 Å². The number of ether oxygens (including phenoxy) is 2. The monoisotopic (exact) mass is 350 g/mol. The summed E-state index contributed by atoms with van der Waals surface area (Å²) in [5.41, 5.74) is 0.591. The summed E-state index contributed by atoms with van der Waals surface area (Å²) in [6.45, 7) is 9.61. The van der Waals surface area contributed by atoms with Gasteiger partial charge in [-0.3, -0.25) is 14.4 Å². The van der Waals surface area contributed by atoms with Gasteiger partial charge in [0.15, 0.2) is 11.2 Å². The lowest BCUT2D eigenvalue weighted by molar-refractivity contribution is -0.176. The van der Waals surface area contributed by atoms with Gasteiger partial charge < -0.3 is 9.47 Å². The van der Waals surface area contributed by atoms with E-state index in [1.54, 1.807) is 20.8 Å². The number of hydrogen-bond acceptors (Lipinski definition) is 5. The number of ketones is 1. The number of carbonyl (C=O) groups is 3. The van der Waals surface area contributed by atoms with Crippen LogP contribution < -0.4 is 0 Å². The van der Waals surface area contributed by atoms with Crippen LogP contribution in [-0.4, -0.2) is 30.9 Å². The van der Waals surface area contributed by atoms with Gasteiger partial charge in [-0.25, -0.2) is 0 Å². The maximum absolute atomic E-state index is 12.7. The standard InChI is InChI=1S/C20H30O5/c1-6-24-17(22)20(5,18(23)25-7-2)14-8-10-19(4)11-9-16(21)13(3)15(19)12-14/h14H,6-12H2,1-5H3/t14?,19-/m0/s1. The van der Waals surface area contributed by atoms with Crippen molar-refractivity contribution in [3.8, 4) is 0 Å². The van der Waals surface area contributed by atoms with E-state index in [2.05, 4.69) is 6.92 Å². The third-order valence-electron chi connectivity index (χ3n) is 6.21. The van der Waals surface area contributed by atoms with Gasteiger partial charge in [-0.2, -0.15) is 0 Å². The molecule has 5 nitrogen and oxygen atoms in total. The lowest BCUT2D eigenvalue weighted by Gasteiger charge is -2.46. The van der Waals surface area contributed by atoms with Crippen LogP contribution in [0.5, 0.6) is 0 Å². The molecule has 0 aliphatic heterocycles. The molecular formula is C20H30O5. The van der Waals surface area contributed by atoms with E-state index in [1.165, 1.54) is 0 Å². The highest BCUT2D eigenvalue weighted by molar-refractivity contribution is 6.00. The second-order valence-corrected chi connectivity index (χ2v) is 7.67. The van der Waals surface area contributed by atoms with Gasteiger partial charge in [0, 0.05) is 6.42 Å². The van der Waals surface area contributed by atoms with Gasteiger partial charge in [-0.1, -0.05) is 12.5 Å². The summed E-state index contributed by atoms with van der Waals surface area (Å²) in [4.78, 5) is 37.5. The Morgan fingerprint density at radius 1 is 1.16 bits per heavy atom. The second kappa shape index (κ2) is 7.30. The molecule has 0 aromatic carbocycles. The third kappa shape index (κ3) is 3.38. The molecule has 1 unspecified atom stereocenters. The highest BCUT2D eigenvalue weighted by atomic mass is 16.6. The molecular weight excluding hydrogens is 320 g/mol. The van der Waals surface area contributed by atoms with Crippen molar-refractivity contribution >= 4 is 17.7 Å². The van der Waals surface area contributed by atoms with Gasteiger partial charge in [-0.15, -0.1) is 0 Å². The van der Waals surface area contributed by atoms with Crippen LogP contribution in [0.2, 0.25) is 0 Å². The number of carbonyl (C=O) groups excluding carboxylic acids is 3. The topological polar surface area (TPSA) is 69.7 Å². The van der Waals surface area contributed by atoms with E-state index in [1.807, 2.05) is 6.92 Å². The molecule has 0 amide bonds. The molecule has 0 bridgehead atoms. The summed E-state index contributed by atoms with van der Waals surface area (Å²) in [5, 5.41) is 0. The lowest BCUT2D eigenvalue weighted by atomic mass is 9.57. The van der Waals surface area contributed by atoms with Gasteiger partial charge in [-0.05, 0) is 70.3 Å². The first-order valence-corrected chi connectivity index (χ1v) is 9.28. The summed E-state index contributed by atoms with van der Waals surface area (Å²) in [7, 11) is 0. The quantitative estimate of drug-likeness (QED) is 0.560. The van der Waals surface area contributed by atoms with Crippen LogP contribution in [0.4, 0.5) is 0 Å². The third-order valence-corrected chi connectivity index (χ3v) is 6.21. The van der Waals surface area contributed by atoms with Crippen molar-refractivity contribution in [1.29, 1.82) is 0 Å². The molecule has 0 aromatic rings. The van der Waals surface area contributed by atoms with Crippen molar-refractivity contribution < 1.29 is 23.9 Å². The molecule has 2 aliphatic carbocycles. The predicted octanol–water partition coefficient (Wildman–Crippen LogP) is 3.60. The largest absolute Gasteiger partial charge is 0.465 e. The molecule has 2 aliphatic rings. The Balaban J connectivity index is 2.39. The van der Waals surface area contributed by atoms with Crippen molar-refractivity contribution in [1.82, 2.24) is 0 Å². The molecule has 0 radical (unpaired) electrons. The van der Waals surface area contributed by atoms with Crippen LogP contribution in [0.25, 0.3) is 0 Å². The molecule has 25 heavy (non-hydrogen) atoms. The van der Waals surface area contributed by atoms with E-state index in [0.29, 0.717) is 12.8 Å². The average Bonchev–Trinajstić information content (AvgIpc) is 2.58. The van der Waals surface area contributed by atoms with Crippen molar-refractivity contribution in [2.45, 2.75) is 66.7 Å². The van der Waals surface area contributed by atoms with Crippen molar-refractivity contribution in [3.05, 3.63) is 11.1 Å². The Kier molecular flexibility index (Phi) is 5.75. The molecule has 0 N–H and O–H groups in total. The average molecular weight is 350 g/mol. The van der Waals surface area contributed by atoms with Gasteiger partial charge in [0.1, 0.15) is 0 Å². The molecule has 2 atom stereocenters. The highest BCUT2D eigenvalue weighted by Crippen LogP contribution is 2.54. The Labute approximate surface area is 150 Å². The lowest BCUT2D eigenvalue weighted by Crippen LogP contribution is -2.48. The van der Waals surface area contributed by atoms with E-state index in [4.69, 9.17) is 9.47 Å². The van der Waals surface area contributed by atoms with Crippen molar-refractivity contribution in [2.75, 3.05) is 13.2 Å². The van der Waals surface area contributed by atoms with Crippen molar-refractivity contribution in [3.63, 3.8) is 0 Å². The number of hydrogen-bond donors (Lipinski definition) is 0. The predicted molar refractivity (Wildman–Crippen MR) is 93.8 cm³/mol. The Morgan fingerprint density at radius 3 is 2.24 bits per heavy atom. The SMILES string of the molecule is CCOC(=O)C(C)(C(=O)OCC)C1CC[C@@]2(C)CCC(=O)C(C)=C2C1. The Morgan fingerprint density at radius 2 is 1.72 bits per heavy atom. The highest BCUT2D eigenvalue weighted by Gasteiger charge is 2.54. The summed E-state index contributed by atoms with van der Waals surface area (Å²) >= 11 is 0. The first kappa shape index (κ1) is 19.7. The molecule has 2 rings (SSSR count). The van der Waals surface area contributed by atoms with E-state index < -0.39 is 17.4 Å². The number of rotatable bonds is 5. The number of allylic oxidation sites excluding steroid dienone is 2. The molecule has 1 saturated carbocycles. The van der Waals surface area contributed by atoms with Gasteiger partial charge in [0.05, 0.1) is 13.2 Å². The second-order valence-electron chi connectivity index (χ2n) is 7.67. The maximum Gasteiger partial charge on any atom is 0.323 e. The van der Waals surface area contributed by atoms with E-state index in [9.17, 15) is 14.4 Å². The zero-order chi connectivity index (χ0) is 18.8. The number of Topliss-reactive ketones (excluding diaryl/α,β-unsaturated/α-hetero) is 1. The van der Waals surface area contributed by atoms with Gasteiger partial charge in [0.2, 0.25) is 0 Å². The fourth-order valence-electron chi connectivity index (χ4n) is 4.34. The number of fused-ring (bicyclic) bond motifs is 1. The molecule has 0 heterocycles. The minimum atomic E-state index is -1.33. The fourth-order valence-corrected chi connectivity index (χ4v) is 4.34. The summed E-state index contributed by atoms with van der Waals surface area (Å²) in [5.74, 6) is -1.08. The summed E-state index contributed by atoms with van der Waals surface area (Å²) < 4.78 is 10.4. The maximum atomic E-state index is 12.7. The Hall–Kier alpha value is -1.65. The van der Waals surface area contributed by atoms with Crippen LogP contribution in [-0.2, 0) is 23.9 Å². The van der Waals surface area contributed by atoms with Crippen LogP contribution in [0.15, 0.2) is 11.1 Å². The molecule has 1 fully saturated rings. The van der Waals surface area contributed by atoms with E-state index in [-0.39, 0.29) is 30.3 Å². The first-order valence-electron chi connectivity index (χ1n) is 9.28. The van der Waals surface area contributed by atoms with E-state index in [0.717, 1.165) is 30.4 Å². The normalized spacial score (nSPS) is 26.9. The molecule has 140 valence electrons. The van der Waals surface area contributed by atoms with Crippen LogP contribution in [0, 0.1) is 16.7 Å². The summed E-state index contributed by atoms with van der Waals surface area (Å²) in [6.07, 6.45) is 3.62. The van der Waals surface area contributed by atoms with Gasteiger partial charge >= 0.3 is 11.9 Å². The molecule has 5 heteroatoms. The smallest absolute Gasteiger partial charge is 0.323 e. The van der Waals surface area contributed by atoms with Crippen LogP contribution in [0.1, 0.15) is 66.7 Å². The van der Waals surface area contributed by atoms with E-state index >= 15 is 0 Å². The van der Waals surface area contributed by atoms with Crippen LogP contribution in [0.3, 0.4) is 0 Å². The minimum Gasteiger partial charge on any atom is -0.465 e. The van der Waals surface area contributed by atoms with Crippen LogP contribution >= 0.6 is 0 Å². The first-order chi connectivity index (χ1) is 11.7. The minimum absolute atomic E-state index is 0.00126. The molecule has 0 aromatic heterocycles.